The van der Waals surface area contributed by atoms with Gasteiger partial charge in [-0.2, -0.15) is 0 Å². The summed E-state index contributed by atoms with van der Waals surface area (Å²) in [6.45, 7) is 11.7. The zero-order chi connectivity index (χ0) is 14.3. The van der Waals surface area contributed by atoms with Crippen LogP contribution in [-0.4, -0.2) is 43.2 Å². The van der Waals surface area contributed by atoms with E-state index in [1.807, 2.05) is 18.7 Å². The maximum Gasteiger partial charge on any atom is 0.224 e. The van der Waals surface area contributed by atoms with E-state index in [1.165, 1.54) is 0 Å². The van der Waals surface area contributed by atoms with Gasteiger partial charge in [0.15, 0.2) is 0 Å². The second-order valence-corrected chi connectivity index (χ2v) is 6.21. The molecule has 0 aromatic rings. The molecule has 2 unspecified atom stereocenters. The molecule has 0 aliphatic heterocycles. The van der Waals surface area contributed by atoms with E-state index in [9.17, 15) is 4.79 Å². The molecular weight excluding hydrogens is 228 g/mol. The van der Waals surface area contributed by atoms with Gasteiger partial charge in [0.2, 0.25) is 5.91 Å². The van der Waals surface area contributed by atoms with Gasteiger partial charge in [-0.05, 0) is 25.7 Å². The monoisotopic (exact) mass is 258 g/mol. The molecule has 0 aliphatic carbocycles. The molecule has 0 bridgehead atoms. The van der Waals surface area contributed by atoms with Crippen LogP contribution in [0.4, 0.5) is 0 Å². The fraction of sp³-hybridized carbons (Fsp3) is 0.929. The number of nitrogens with zero attached hydrogens (tertiary/aromatic N) is 1. The molecule has 0 saturated heterocycles. The maximum absolute atomic E-state index is 12.2. The Morgan fingerprint density at radius 3 is 2.33 bits per heavy atom. The molecule has 4 nitrogen and oxygen atoms in total. The van der Waals surface area contributed by atoms with Crippen LogP contribution in [0.5, 0.6) is 0 Å². The summed E-state index contributed by atoms with van der Waals surface area (Å²) in [6.07, 6.45) is 1.27. The first-order valence-corrected chi connectivity index (χ1v) is 6.75. The van der Waals surface area contributed by atoms with Crippen molar-refractivity contribution in [1.29, 1.82) is 0 Å². The fourth-order valence-corrected chi connectivity index (χ4v) is 2.27. The van der Waals surface area contributed by atoms with Gasteiger partial charge in [0.05, 0.1) is 12.6 Å². The Morgan fingerprint density at radius 1 is 1.39 bits per heavy atom. The number of carbonyl (C=O) groups is 1. The van der Waals surface area contributed by atoms with Gasteiger partial charge in [-0.3, -0.25) is 4.79 Å². The number of likely N-dealkylation sites (N-methyl/N-ethyl adjacent to an activating group) is 1. The molecular formula is C14H30N2O2. The second-order valence-electron chi connectivity index (χ2n) is 6.21. The van der Waals surface area contributed by atoms with E-state index in [4.69, 9.17) is 10.5 Å². The van der Waals surface area contributed by atoms with Gasteiger partial charge in [-0.15, -0.1) is 0 Å². The lowest BCUT2D eigenvalue weighted by molar-refractivity contribution is -0.134. The predicted octanol–water partition coefficient (Wildman–Crippen LogP) is 2.02. The average molecular weight is 258 g/mol. The molecule has 0 spiro atoms. The summed E-state index contributed by atoms with van der Waals surface area (Å²) in [4.78, 5) is 14.0. The topological polar surface area (TPSA) is 55.6 Å². The number of nitrogens with two attached hydrogens (primary N) is 1. The molecule has 0 heterocycles. The van der Waals surface area contributed by atoms with Crippen molar-refractivity contribution in [3.8, 4) is 0 Å². The van der Waals surface area contributed by atoms with Crippen molar-refractivity contribution in [2.45, 2.75) is 59.5 Å². The highest BCUT2D eigenvalue weighted by molar-refractivity contribution is 5.77. The van der Waals surface area contributed by atoms with Crippen molar-refractivity contribution in [3.63, 3.8) is 0 Å². The van der Waals surface area contributed by atoms with Crippen molar-refractivity contribution in [2.75, 3.05) is 20.3 Å². The predicted molar refractivity (Wildman–Crippen MR) is 75.4 cm³/mol. The Balaban J connectivity index is 4.35. The molecule has 2 N–H and O–H groups in total. The number of ether oxygens (including phenoxy) is 1. The molecule has 108 valence electrons. The molecule has 0 aromatic carbocycles. The maximum atomic E-state index is 12.2. The Hall–Kier alpha value is -0.610. The zero-order valence-corrected chi connectivity index (χ0v) is 12.8. The lowest BCUT2D eigenvalue weighted by Gasteiger charge is -2.30. The third-order valence-electron chi connectivity index (χ3n) is 2.91. The van der Waals surface area contributed by atoms with Gasteiger partial charge in [0, 0.05) is 26.1 Å². The van der Waals surface area contributed by atoms with Gasteiger partial charge < -0.3 is 15.4 Å². The second kappa shape index (κ2) is 7.74. The molecule has 2 atom stereocenters. The van der Waals surface area contributed by atoms with Crippen LogP contribution < -0.4 is 5.73 Å². The van der Waals surface area contributed by atoms with Crippen LogP contribution in [0.1, 0.15) is 47.5 Å². The highest BCUT2D eigenvalue weighted by Gasteiger charge is 2.23. The van der Waals surface area contributed by atoms with Crippen molar-refractivity contribution in [2.24, 2.45) is 11.1 Å². The van der Waals surface area contributed by atoms with Crippen LogP contribution >= 0.6 is 0 Å². The lowest BCUT2D eigenvalue weighted by atomic mass is 9.87. The van der Waals surface area contributed by atoms with Gasteiger partial charge in [-0.25, -0.2) is 0 Å². The lowest BCUT2D eigenvalue weighted by Crippen LogP contribution is -2.43. The fourth-order valence-electron chi connectivity index (χ4n) is 2.27. The highest BCUT2D eigenvalue weighted by atomic mass is 16.5. The first-order chi connectivity index (χ1) is 8.21. The molecule has 0 aliphatic rings. The summed E-state index contributed by atoms with van der Waals surface area (Å²) in [5.41, 5.74) is 6.21. The van der Waals surface area contributed by atoms with Crippen LogP contribution in [-0.2, 0) is 9.53 Å². The van der Waals surface area contributed by atoms with Crippen molar-refractivity contribution in [1.82, 2.24) is 4.90 Å². The van der Waals surface area contributed by atoms with E-state index in [0.717, 1.165) is 6.42 Å². The number of carbonyl (C=O) groups excluding carboxylic acids is 1. The summed E-state index contributed by atoms with van der Waals surface area (Å²) in [7, 11) is 1.65. The Kier molecular flexibility index (Phi) is 7.48. The van der Waals surface area contributed by atoms with Crippen LogP contribution in [0.25, 0.3) is 0 Å². The zero-order valence-electron chi connectivity index (χ0n) is 12.8. The summed E-state index contributed by atoms with van der Waals surface area (Å²) in [6, 6.07) is 0.0376. The number of amides is 1. The Morgan fingerprint density at radius 2 is 1.94 bits per heavy atom. The van der Waals surface area contributed by atoms with Gasteiger partial charge in [-0.1, -0.05) is 20.8 Å². The molecule has 0 fully saturated rings. The van der Waals surface area contributed by atoms with E-state index in [0.29, 0.717) is 19.6 Å². The molecule has 1 amide bonds. The van der Waals surface area contributed by atoms with E-state index in [-0.39, 0.29) is 23.4 Å². The summed E-state index contributed by atoms with van der Waals surface area (Å²) < 4.78 is 5.10. The molecule has 18 heavy (non-hydrogen) atoms. The minimum atomic E-state index is -0.0682. The molecule has 0 aromatic heterocycles. The van der Waals surface area contributed by atoms with Crippen LogP contribution in [0.2, 0.25) is 0 Å². The summed E-state index contributed by atoms with van der Waals surface area (Å²) in [5, 5.41) is 0. The van der Waals surface area contributed by atoms with E-state index >= 15 is 0 Å². The van der Waals surface area contributed by atoms with E-state index in [2.05, 4.69) is 20.8 Å². The Labute approximate surface area is 112 Å². The summed E-state index contributed by atoms with van der Waals surface area (Å²) in [5.74, 6) is 0.124. The van der Waals surface area contributed by atoms with Crippen molar-refractivity contribution < 1.29 is 9.53 Å². The van der Waals surface area contributed by atoms with Crippen molar-refractivity contribution in [3.05, 3.63) is 0 Å². The number of methoxy groups -OCH3 is 1. The number of hydrogen-bond acceptors (Lipinski definition) is 3. The van der Waals surface area contributed by atoms with Crippen LogP contribution in [0.15, 0.2) is 0 Å². The van der Waals surface area contributed by atoms with Gasteiger partial charge in [0.1, 0.15) is 0 Å². The molecule has 0 saturated carbocycles. The third kappa shape index (κ3) is 6.97. The van der Waals surface area contributed by atoms with Crippen molar-refractivity contribution >= 4 is 5.91 Å². The smallest absolute Gasteiger partial charge is 0.224 e. The minimum absolute atomic E-state index is 0.0682. The summed E-state index contributed by atoms with van der Waals surface area (Å²) >= 11 is 0. The average Bonchev–Trinajstić information content (AvgIpc) is 2.15. The van der Waals surface area contributed by atoms with Crippen LogP contribution in [0, 0.1) is 5.41 Å². The number of hydrogen-bond donors (Lipinski definition) is 1. The Bertz CT molecular complexity index is 249. The first-order valence-electron chi connectivity index (χ1n) is 6.75. The molecule has 0 rings (SSSR count). The normalized spacial score (nSPS) is 15.3. The standard InChI is InChI=1S/C14H30N2O2/c1-7-16(11(2)10-18-6)13(17)8-12(15)9-14(3,4)5/h11-12H,7-10,15H2,1-6H3. The molecule has 0 radical (unpaired) electrons. The largest absolute Gasteiger partial charge is 0.383 e. The SMILES string of the molecule is CCN(C(=O)CC(N)CC(C)(C)C)C(C)COC. The van der Waals surface area contributed by atoms with Gasteiger partial charge in [0.25, 0.3) is 0 Å². The number of rotatable bonds is 7. The third-order valence-corrected chi connectivity index (χ3v) is 2.91. The molecule has 4 heteroatoms. The highest BCUT2D eigenvalue weighted by Crippen LogP contribution is 2.21. The van der Waals surface area contributed by atoms with E-state index in [1.54, 1.807) is 7.11 Å². The minimum Gasteiger partial charge on any atom is -0.383 e. The van der Waals surface area contributed by atoms with E-state index < -0.39 is 0 Å². The van der Waals surface area contributed by atoms with Crippen LogP contribution in [0.3, 0.4) is 0 Å². The quantitative estimate of drug-likeness (QED) is 0.760. The first kappa shape index (κ1) is 17.4. The van der Waals surface area contributed by atoms with Gasteiger partial charge >= 0.3 is 0 Å².